The highest BCUT2D eigenvalue weighted by Crippen LogP contribution is 2.28. The second kappa shape index (κ2) is 3.88. The van der Waals surface area contributed by atoms with Crippen molar-refractivity contribution < 1.29 is 4.74 Å². The fraction of sp³-hybridized carbons (Fsp3) is 0.667. The highest BCUT2D eigenvalue weighted by molar-refractivity contribution is 5.37. The average Bonchev–Trinajstić information content (AvgIpc) is 2.99. The van der Waals surface area contributed by atoms with E-state index in [1.54, 1.807) is 0 Å². The highest BCUT2D eigenvalue weighted by Gasteiger charge is 2.28. The minimum atomic E-state index is 0.205. The Morgan fingerprint density at radius 2 is 2.13 bits per heavy atom. The lowest BCUT2D eigenvalue weighted by Gasteiger charge is -2.16. The van der Waals surface area contributed by atoms with Gasteiger partial charge in [0, 0.05) is 13.1 Å². The number of nitrogens with two attached hydrogens (primary N) is 1. The third kappa shape index (κ3) is 2.26. The molecule has 1 heterocycles. The lowest BCUT2D eigenvalue weighted by atomic mass is 10.6. The molecule has 0 unspecified atom stereocenters. The fourth-order valence-corrected chi connectivity index (χ4v) is 1.34. The maximum absolute atomic E-state index is 5.58. The van der Waals surface area contributed by atoms with Crippen LogP contribution in [-0.2, 0) is 0 Å². The Morgan fingerprint density at radius 1 is 1.40 bits per heavy atom. The molecule has 82 valence electrons. The summed E-state index contributed by atoms with van der Waals surface area (Å²) in [7, 11) is 1.96. The number of rotatable bonds is 4. The summed E-state index contributed by atoms with van der Waals surface area (Å²) in [6, 6.07) is 0.841. The van der Waals surface area contributed by atoms with Crippen molar-refractivity contribution in [1.82, 2.24) is 15.0 Å². The zero-order valence-electron chi connectivity index (χ0n) is 8.97. The molecule has 6 nitrogen and oxygen atoms in total. The smallest absolute Gasteiger partial charge is 0.323 e. The van der Waals surface area contributed by atoms with Crippen molar-refractivity contribution in [3.05, 3.63) is 0 Å². The van der Waals surface area contributed by atoms with E-state index in [4.69, 9.17) is 10.5 Å². The molecule has 1 aromatic heterocycles. The number of nitrogen functional groups attached to an aromatic ring is 1. The SMILES string of the molecule is CCOc1nc(N)nc(N(C)C2CC2)n1. The summed E-state index contributed by atoms with van der Waals surface area (Å²) in [5.74, 6) is 0.796. The maximum atomic E-state index is 5.58. The number of hydrogen-bond acceptors (Lipinski definition) is 6. The van der Waals surface area contributed by atoms with Crippen LogP contribution in [0.5, 0.6) is 6.01 Å². The van der Waals surface area contributed by atoms with Crippen LogP contribution in [-0.4, -0.2) is 34.6 Å². The van der Waals surface area contributed by atoms with Gasteiger partial charge in [0.15, 0.2) is 0 Å². The Morgan fingerprint density at radius 3 is 2.73 bits per heavy atom. The Labute approximate surface area is 88.5 Å². The molecule has 1 aliphatic carbocycles. The Hall–Kier alpha value is -1.59. The summed E-state index contributed by atoms with van der Waals surface area (Å²) in [6.07, 6.45) is 2.37. The summed E-state index contributed by atoms with van der Waals surface area (Å²) >= 11 is 0. The van der Waals surface area contributed by atoms with Gasteiger partial charge in [-0.1, -0.05) is 0 Å². The first kappa shape index (κ1) is 9.95. The minimum absolute atomic E-state index is 0.205. The average molecular weight is 209 g/mol. The largest absolute Gasteiger partial charge is 0.464 e. The van der Waals surface area contributed by atoms with E-state index in [9.17, 15) is 0 Å². The summed E-state index contributed by atoms with van der Waals surface area (Å²) in [4.78, 5) is 14.2. The number of aromatic nitrogens is 3. The Balaban J connectivity index is 2.21. The molecule has 1 aromatic rings. The highest BCUT2D eigenvalue weighted by atomic mass is 16.5. The molecule has 15 heavy (non-hydrogen) atoms. The molecule has 0 saturated heterocycles. The van der Waals surface area contributed by atoms with Crippen molar-refractivity contribution in [1.29, 1.82) is 0 Å². The Kier molecular flexibility index (Phi) is 2.57. The standard InChI is InChI=1S/C9H15N5O/c1-3-15-9-12-7(10)11-8(13-9)14(2)6-4-5-6/h6H,3-5H2,1-2H3,(H2,10,11,12,13). The van der Waals surface area contributed by atoms with Gasteiger partial charge in [-0.15, -0.1) is 0 Å². The summed E-state index contributed by atoms with van der Waals surface area (Å²) < 4.78 is 5.21. The van der Waals surface area contributed by atoms with Crippen LogP contribution in [0.25, 0.3) is 0 Å². The van der Waals surface area contributed by atoms with E-state index in [1.807, 2.05) is 18.9 Å². The van der Waals surface area contributed by atoms with Crippen LogP contribution in [0.4, 0.5) is 11.9 Å². The van der Waals surface area contributed by atoms with Gasteiger partial charge in [0.25, 0.3) is 0 Å². The lowest BCUT2D eigenvalue weighted by Crippen LogP contribution is -2.23. The van der Waals surface area contributed by atoms with Crippen LogP contribution >= 0.6 is 0 Å². The van der Waals surface area contributed by atoms with Crippen LogP contribution in [0.15, 0.2) is 0 Å². The molecular weight excluding hydrogens is 194 g/mol. The molecule has 0 atom stereocenters. The number of nitrogens with zero attached hydrogens (tertiary/aromatic N) is 4. The van der Waals surface area contributed by atoms with Gasteiger partial charge < -0.3 is 15.4 Å². The first-order valence-electron chi connectivity index (χ1n) is 5.08. The molecule has 6 heteroatoms. The summed E-state index contributed by atoms with van der Waals surface area (Å²) in [5.41, 5.74) is 5.58. The fourth-order valence-electron chi connectivity index (χ4n) is 1.34. The van der Waals surface area contributed by atoms with E-state index in [-0.39, 0.29) is 5.95 Å². The predicted octanol–water partition coefficient (Wildman–Crippen LogP) is 0.451. The van der Waals surface area contributed by atoms with Gasteiger partial charge in [-0.25, -0.2) is 0 Å². The molecule has 1 saturated carbocycles. The Bertz CT molecular complexity index is 352. The predicted molar refractivity (Wildman–Crippen MR) is 56.8 cm³/mol. The van der Waals surface area contributed by atoms with Crippen molar-refractivity contribution >= 4 is 11.9 Å². The molecule has 0 aromatic carbocycles. The quantitative estimate of drug-likeness (QED) is 0.775. The topological polar surface area (TPSA) is 77.2 Å². The first-order chi connectivity index (χ1) is 7.20. The van der Waals surface area contributed by atoms with Gasteiger partial charge in [-0.3, -0.25) is 0 Å². The summed E-state index contributed by atoms with van der Waals surface area (Å²) in [5, 5.41) is 0. The van der Waals surface area contributed by atoms with E-state index in [0.29, 0.717) is 24.6 Å². The lowest BCUT2D eigenvalue weighted by molar-refractivity contribution is 0.312. The third-order valence-corrected chi connectivity index (χ3v) is 2.30. The summed E-state index contributed by atoms with van der Waals surface area (Å²) in [6.45, 7) is 2.40. The zero-order chi connectivity index (χ0) is 10.8. The zero-order valence-corrected chi connectivity index (χ0v) is 8.97. The molecule has 0 spiro atoms. The van der Waals surface area contributed by atoms with Crippen molar-refractivity contribution in [3.63, 3.8) is 0 Å². The van der Waals surface area contributed by atoms with E-state index in [1.165, 1.54) is 12.8 Å². The number of anilines is 2. The number of ether oxygens (including phenoxy) is 1. The molecule has 1 fully saturated rings. The van der Waals surface area contributed by atoms with Gasteiger partial charge in [0.2, 0.25) is 11.9 Å². The van der Waals surface area contributed by atoms with Crippen molar-refractivity contribution in [2.75, 3.05) is 24.3 Å². The van der Waals surface area contributed by atoms with Gasteiger partial charge in [-0.2, -0.15) is 15.0 Å². The normalized spacial score (nSPS) is 15.1. The molecule has 0 bridgehead atoms. The van der Waals surface area contributed by atoms with Gasteiger partial charge >= 0.3 is 6.01 Å². The van der Waals surface area contributed by atoms with Crippen LogP contribution in [0.1, 0.15) is 19.8 Å². The second-order valence-electron chi connectivity index (χ2n) is 3.55. The molecule has 1 aliphatic rings. The second-order valence-corrected chi connectivity index (χ2v) is 3.55. The van der Waals surface area contributed by atoms with Gasteiger partial charge in [0.05, 0.1) is 6.61 Å². The van der Waals surface area contributed by atoms with Crippen molar-refractivity contribution in [3.8, 4) is 6.01 Å². The minimum Gasteiger partial charge on any atom is -0.464 e. The van der Waals surface area contributed by atoms with Gasteiger partial charge in [-0.05, 0) is 19.8 Å². The van der Waals surface area contributed by atoms with Crippen LogP contribution < -0.4 is 15.4 Å². The van der Waals surface area contributed by atoms with E-state index >= 15 is 0 Å². The molecule has 2 N–H and O–H groups in total. The van der Waals surface area contributed by atoms with E-state index < -0.39 is 0 Å². The van der Waals surface area contributed by atoms with Crippen molar-refractivity contribution in [2.45, 2.75) is 25.8 Å². The molecule has 0 amide bonds. The van der Waals surface area contributed by atoms with Crippen LogP contribution in [0, 0.1) is 0 Å². The van der Waals surface area contributed by atoms with E-state index in [0.717, 1.165) is 0 Å². The molecule has 2 rings (SSSR count). The number of hydrogen-bond donors (Lipinski definition) is 1. The molecule has 0 aliphatic heterocycles. The van der Waals surface area contributed by atoms with Gasteiger partial charge in [0.1, 0.15) is 0 Å². The van der Waals surface area contributed by atoms with Crippen molar-refractivity contribution in [2.24, 2.45) is 0 Å². The maximum Gasteiger partial charge on any atom is 0.323 e. The van der Waals surface area contributed by atoms with Crippen LogP contribution in [0.3, 0.4) is 0 Å². The monoisotopic (exact) mass is 209 g/mol. The van der Waals surface area contributed by atoms with E-state index in [2.05, 4.69) is 15.0 Å². The molecular formula is C9H15N5O. The first-order valence-corrected chi connectivity index (χ1v) is 5.08. The third-order valence-electron chi connectivity index (χ3n) is 2.30. The molecule has 0 radical (unpaired) electrons. The van der Waals surface area contributed by atoms with Crippen LogP contribution in [0.2, 0.25) is 0 Å².